The van der Waals surface area contributed by atoms with Crippen molar-refractivity contribution in [2.24, 2.45) is 5.92 Å². The van der Waals surface area contributed by atoms with Crippen molar-refractivity contribution in [2.45, 2.75) is 39.0 Å². The number of amides is 1. The molecule has 1 fully saturated rings. The third kappa shape index (κ3) is 4.61. The van der Waals surface area contributed by atoms with Gasteiger partial charge in [0.1, 0.15) is 5.56 Å². The minimum atomic E-state index is -0.392. The molecular weight excluding hydrogens is 359 g/mol. The number of aromatic amines is 1. The molecule has 0 spiro atoms. The Kier molecular flexibility index (Phi) is 5.87. The molecule has 1 aliphatic heterocycles. The number of carbonyl (C=O) groups excluding carboxylic acids is 1. The fourth-order valence-corrected chi connectivity index (χ4v) is 3.40. The highest BCUT2D eigenvalue weighted by Gasteiger charge is 2.27. The summed E-state index contributed by atoms with van der Waals surface area (Å²) >= 11 is 0. The number of aromatic nitrogens is 1. The Balaban J connectivity index is 1.66. The maximum atomic E-state index is 13.7. The first-order valence-corrected chi connectivity index (χ1v) is 9.66. The molecule has 1 amide bonds. The normalized spacial score (nSPS) is 17.4. The maximum Gasteiger partial charge on any atom is 0.261 e. The molecule has 0 aliphatic carbocycles. The van der Waals surface area contributed by atoms with Gasteiger partial charge in [0.25, 0.3) is 11.5 Å². The predicted molar refractivity (Wildman–Crippen MR) is 106 cm³/mol. The number of piperidine rings is 1. The first kappa shape index (κ1) is 20.1. The van der Waals surface area contributed by atoms with Crippen LogP contribution in [0.2, 0.25) is 0 Å². The third-order valence-corrected chi connectivity index (χ3v) is 5.07. The molecule has 0 radical (unpaired) electrons. The van der Waals surface area contributed by atoms with Gasteiger partial charge in [-0.25, -0.2) is 4.39 Å². The van der Waals surface area contributed by atoms with Crippen LogP contribution in [0.3, 0.4) is 0 Å². The smallest absolute Gasteiger partial charge is 0.261 e. The van der Waals surface area contributed by atoms with E-state index in [0.717, 1.165) is 18.5 Å². The van der Waals surface area contributed by atoms with E-state index < -0.39 is 5.82 Å². The van der Waals surface area contributed by atoms with Crippen LogP contribution in [0.5, 0.6) is 5.75 Å². The Bertz CT molecular complexity index is 901. The Morgan fingerprint density at radius 2 is 2.00 bits per heavy atom. The van der Waals surface area contributed by atoms with E-state index in [-0.39, 0.29) is 34.1 Å². The molecule has 0 unspecified atom stereocenters. The highest BCUT2D eigenvalue weighted by Crippen LogP contribution is 2.22. The van der Waals surface area contributed by atoms with Crippen LogP contribution in [-0.4, -0.2) is 35.5 Å². The van der Waals surface area contributed by atoms with Crippen LogP contribution in [0.15, 0.2) is 41.2 Å². The van der Waals surface area contributed by atoms with Crippen molar-refractivity contribution in [3.05, 3.63) is 63.8 Å². The molecule has 0 bridgehead atoms. The fourth-order valence-electron chi connectivity index (χ4n) is 3.40. The largest absolute Gasteiger partial charge is 0.490 e. The van der Waals surface area contributed by atoms with Crippen LogP contribution in [0.4, 0.5) is 4.39 Å². The van der Waals surface area contributed by atoms with E-state index in [2.05, 4.69) is 4.98 Å². The van der Waals surface area contributed by atoms with Crippen LogP contribution < -0.4 is 10.3 Å². The molecule has 0 saturated carbocycles. The van der Waals surface area contributed by atoms with E-state index in [4.69, 9.17) is 4.74 Å². The summed E-state index contributed by atoms with van der Waals surface area (Å²) in [5.74, 6) is -0.334. The molecule has 1 N–H and O–H groups in total. The number of para-hydroxylation sites is 1. The lowest BCUT2D eigenvalue weighted by Crippen LogP contribution is -2.43. The van der Waals surface area contributed by atoms with Crippen molar-refractivity contribution in [2.75, 3.05) is 19.7 Å². The number of H-pyrrole nitrogens is 1. The number of benzene rings is 1. The van der Waals surface area contributed by atoms with Crippen molar-refractivity contribution in [1.82, 2.24) is 9.88 Å². The highest BCUT2D eigenvalue weighted by molar-refractivity contribution is 5.93. The zero-order valence-electron chi connectivity index (χ0n) is 16.6. The maximum absolute atomic E-state index is 13.7. The number of ether oxygens (including phenoxy) is 1. The summed E-state index contributed by atoms with van der Waals surface area (Å²) in [5, 5.41) is 0. The molecule has 3 rings (SSSR count). The quantitative estimate of drug-likeness (QED) is 0.871. The molecule has 1 aromatic carbocycles. The first-order valence-electron chi connectivity index (χ1n) is 9.66. The van der Waals surface area contributed by atoms with Gasteiger partial charge in [-0.15, -0.1) is 0 Å². The molecule has 150 valence electrons. The molecule has 2 aromatic rings. The van der Waals surface area contributed by atoms with E-state index in [1.54, 1.807) is 35.2 Å². The SMILES string of the molecule is CC(C)(C)c1ccc(C(=O)N2CCC[C@H](COc3ccccc3F)C2)c(=O)[nH]1. The molecule has 5 nitrogen and oxygen atoms in total. The molecule has 28 heavy (non-hydrogen) atoms. The van der Waals surface area contributed by atoms with E-state index in [0.29, 0.717) is 19.7 Å². The highest BCUT2D eigenvalue weighted by atomic mass is 19.1. The summed E-state index contributed by atoms with van der Waals surface area (Å²) in [6, 6.07) is 9.71. The number of nitrogens with zero attached hydrogens (tertiary/aromatic N) is 1. The minimum Gasteiger partial charge on any atom is -0.490 e. The van der Waals surface area contributed by atoms with Gasteiger partial charge >= 0.3 is 0 Å². The molecule has 1 saturated heterocycles. The van der Waals surface area contributed by atoms with Gasteiger partial charge in [0, 0.05) is 30.1 Å². The number of carbonyl (C=O) groups is 1. The van der Waals surface area contributed by atoms with Gasteiger partial charge in [-0.3, -0.25) is 9.59 Å². The van der Waals surface area contributed by atoms with Crippen molar-refractivity contribution in [3.8, 4) is 5.75 Å². The van der Waals surface area contributed by atoms with Crippen LogP contribution in [0.1, 0.15) is 49.7 Å². The van der Waals surface area contributed by atoms with Crippen molar-refractivity contribution >= 4 is 5.91 Å². The summed E-state index contributed by atoms with van der Waals surface area (Å²) < 4.78 is 19.3. The van der Waals surface area contributed by atoms with Crippen molar-refractivity contribution < 1.29 is 13.9 Å². The summed E-state index contributed by atoms with van der Waals surface area (Å²) in [7, 11) is 0. The second-order valence-corrected chi connectivity index (χ2v) is 8.37. The first-order chi connectivity index (χ1) is 13.3. The average Bonchev–Trinajstić information content (AvgIpc) is 2.66. The Labute approximate surface area is 164 Å². The molecule has 1 aliphatic rings. The van der Waals surface area contributed by atoms with E-state index in [1.807, 2.05) is 20.8 Å². The number of likely N-dealkylation sites (tertiary alicyclic amines) is 1. The summed E-state index contributed by atoms with van der Waals surface area (Å²) in [6.45, 7) is 7.45. The van der Waals surface area contributed by atoms with E-state index >= 15 is 0 Å². The lowest BCUT2D eigenvalue weighted by atomic mass is 9.91. The topological polar surface area (TPSA) is 62.4 Å². The Morgan fingerprint density at radius 3 is 2.68 bits per heavy atom. The number of pyridine rings is 1. The molecule has 1 aromatic heterocycles. The number of rotatable bonds is 4. The second kappa shape index (κ2) is 8.17. The van der Waals surface area contributed by atoms with Gasteiger partial charge in [-0.1, -0.05) is 32.9 Å². The van der Waals surface area contributed by atoms with Crippen molar-refractivity contribution in [1.29, 1.82) is 0 Å². The predicted octanol–water partition coefficient (Wildman–Crippen LogP) is 3.74. The van der Waals surface area contributed by atoms with Crippen molar-refractivity contribution in [3.63, 3.8) is 0 Å². The van der Waals surface area contributed by atoms with Crippen LogP contribution in [0, 0.1) is 11.7 Å². The number of nitrogens with one attached hydrogen (secondary N) is 1. The Hall–Kier alpha value is -2.63. The van der Waals surface area contributed by atoms with Gasteiger partial charge in [-0.05, 0) is 37.1 Å². The van der Waals surface area contributed by atoms with E-state index in [1.165, 1.54) is 6.07 Å². The van der Waals surface area contributed by atoms with Crippen LogP contribution in [-0.2, 0) is 5.41 Å². The number of hydrogen-bond donors (Lipinski definition) is 1. The van der Waals surface area contributed by atoms with Gasteiger partial charge in [0.2, 0.25) is 0 Å². The lowest BCUT2D eigenvalue weighted by Gasteiger charge is -2.32. The van der Waals surface area contributed by atoms with Crippen LogP contribution >= 0.6 is 0 Å². The minimum absolute atomic E-state index is 0.102. The molecule has 1 atom stereocenters. The number of hydrogen-bond acceptors (Lipinski definition) is 3. The van der Waals surface area contributed by atoms with Crippen LogP contribution in [0.25, 0.3) is 0 Å². The standard InChI is InChI=1S/C22H27FN2O3/c1-22(2,3)19-11-10-16(20(26)24-19)21(27)25-12-6-7-15(13-25)14-28-18-9-5-4-8-17(18)23/h4-5,8-11,15H,6-7,12-14H2,1-3H3,(H,24,26)/t15-/m0/s1. The van der Waals surface area contributed by atoms with Gasteiger partial charge < -0.3 is 14.6 Å². The summed E-state index contributed by atoms with van der Waals surface area (Å²) in [5.41, 5.74) is 0.399. The molecular formula is C22H27FN2O3. The zero-order chi connectivity index (χ0) is 20.3. The van der Waals surface area contributed by atoms with Gasteiger partial charge in [0.15, 0.2) is 11.6 Å². The monoisotopic (exact) mass is 386 g/mol. The summed E-state index contributed by atoms with van der Waals surface area (Å²) in [4.78, 5) is 29.8. The average molecular weight is 386 g/mol. The van der Waals surface area contributed by atoms with Gasteiger partial charge in [-0.2, -0.15) is 0 Å². The molecule has 6 heteroatoms. The third-order valence-electron chi connectivity index (χ3n) is 5.07. The fraction of sp³-hybridized carbons (Fsp3) is 0.455. The van der Waals surface area contributed by atoms with E-state index in [9.17, 15) is 14.0 Å². The number of halogens is 1. The lowest BCUT2D eigenvalue weighted by molar-refractivity contribution is 0.0629. The summed E-state index contributed by atoms with van der Waals surface area (Å²) in [6.07, 6.45) is 1.73. The molecule has 2 heterocycles. The Morgan fingerprint density at radius 1 is 1.25 bits per heavy atom. The second-order valence-electron chi connectivity index (χ2n) is 8.37. The van der Waals surface area contributed by atoms with Gasteiger partial charge in [0.05, 0.1) is 6.61 Å². The zero-order valence-corrected chi connectivity index (χ0v) is 16.6.